The highest BCUT2D eigenvalue weighted by atomic mass is 19.4. The minimum absolute atomic E-state index is 0.135. The second kappa shape index (κ2) is 7.62. The number of alkyl halides is 3. The van der Waals surface area contributed by atoms with Crippen LogP contribution in [0.2, 0.25) is 0 Å². The molecule has 0 atom stereocenters. The number of benzene rings is 1. The van der Waals surface area contributed by atoms with Gasteiger partial charge in [-0.05, 0) is 23.8 Å². The van der Waals surface area contributed by atoms with Gasteiger partial charge in [-0.15, -0.1) is 0 Å². The van der Waals surface area contributed by atoms with Gasteiger partial charge in [-0.1, -0.05) is 18.2 Å². The van der Waals surface area contributed by atoms with Crippen molar-refractivity contribution >= 4 is 5.91 Å². The van der Waals surface area contributed by atoms with E-state index in [0.29, 0.717) is 11.6 Å². The maximum atomic E-state index is 12.0. The van der Waals surface area contributed by atoms with E-state index in [-0.39, 0.29) is 6.54 Å². The molecule has 0 unspecified atom stereocenters. The number of nitrogens with zero attached hydrogens (tertiary/aromatic N) is 1. The zero-order valence-electron chi connectivity index (χ0n) is 12.1. The molecule has 122 valence electrons. The Bertz CT molecular complexity index is 645. The fourth-order valence-electron chi connectivity index (χ4n) is 1.79. The van der Waals surface area contributed by atoms with Crippen LogP contribution in [0, 0.1) is 0 Å². The van der Waals surface area contributed by atoms with Gasteiger partial charge < -0.3 is 10.1 Å². The van der Waals surface area contributed by atoms with Crippen LogP contribution in [0.15, 0.2) is 48.7 Å². The Hall–Kier alpha value is -2.57. The lowest BCUT2D eigenvalue weighted by Gasteiger charge is -2.09. The molecule has 2 aromatic rings. The van der Waals surface area contributed by atoms with Crippen molar-refractivity contribution in [2.24, 2.45) is 0 Å². The highest BCUT2D eigenvalue weighted by molar-refractivity contribution is 5.75. The second-order valence-corrected chi connectivity index (χ2v) is 4.81. The van der Waals surface area contributed by atoms with Crippen LogP contribution in [0.1, 0.15) is 18.4 Å². The Morgan fingerprint density at radius 1 is 1.17 bits per heavy atom. The van der Waals surface area contributed by atoms with Crippen molar-refractivity contribution < 1.29 is 22.7 Å². The van der Waals surface area contributed by atoms with Gasteiger partial charge in [-0.3, -0.25) is 4.79 Å². The van der Waals surface area contributed by atoms with Crippen molar-refractivity contribution in [3.63, 3.8) is 0 Å². The summed E-state index contributed by atoms with van der Waals surface area (Å²) in [4.78, 5) is 15.4. The van der Waals surface area contributed by atoms with Crippen LogP contribution in [-0.4, -0.2) is 17.1 Å². The summed E-state index contributed by atoms with van der Waals surface area (Å²) in [6.07, 6.45) is -4.43. The smallest absolute Gasteiger partial charge is 0.389 e. The van der Waals surface area contributed by atoms with E-state index >= 15 is 0 Å². The van der Waals surface area contributed by atoms with Gasteiger partial charge in [0.25, 0.3) is 0 Å². The Labute approximate surface area is 131 Å². The third-order valence-corrected chi connectivity index (χ3v) is 2.88. The van der Waals surface area contributed by atoms with Crippen molar-refractivity contribution in [2.45, 2.75) is 25.6 Å². The molecule has 0 aliphatic heterocycles. The summed E-state index contributed by atoms with van der Waals surface area (Å²) in [5.41, 5.74) is 0.721. The SMILES string of the molecule is O=C(CCC(F)(F)F)NCc1cccc(Oc2ccccn2)c1. The van der Waals surface area contributed by atoms with E-state index in [2.05, 4.69) is 10.3 Å². The zero-order valence-corrected chi connectivity index (χ0v) is 12.1. The summed E-state index contributed by atoms with van der Waals surface area (Å²) in [5.74, 6) is 0.322. The molecule has 2 rings (SSSR count). The van der Waals surface area contributed by atoms with E-state index in [4.69, 9.17) is 4.74 Å². The third-order valence-electron chi connectivity index (χ3n) is 2.88. The van der Waals surface area contributed by atoms with Gasteiger partial charge in [0.15, 0.2) is 0 Å². The summed E-state index contributed by atoms with van der Waals surface area (Å²) < 4.78 is 41.7. The number of hydrogen-bond donors (Lipinski definition) is 1. The van der Waals surface area contributed by atoms with Crippen LogP contribution in [0.5, 0.6) is 11.6 Å². The predicted octanol–water partition coefficient (Wildman–Crippen LogP) is 3.83. The molecule has 1 aromatic carbocycles. The van der Waals surface area contributed by atoms with E-state index in [9.17, 15) is 18.0 Å². The lowest BCUT2D eigenvalue weighted by Crippen LogP contribution is -2.24. The van der Waals surface area contributed by atoms with Crippen molar-refractivity contribution in [3.05, 3.63) is 54.2 Å². The lowest BCUT2D eigenvalue weighted by molar-refractivity contribution is -0.144. The number of rotatable bonds is 6. The molecule has 0 radical (unpaired) electrons. The minimum atomic E-state index is -4.33. The van der Waals surface area contributed by atoms with E-state index in [1.807, 2.05) is 0 Å². The Morgan fingerprint density at radius 2 is 2.00 bits per heavy atom. The first-order valence-electron chi connectivity index (χ1n) is 6.94. The van der Waals surface area contributed by atoms with Gasteiger partial charge in [-0.2, -0.15) is 13.2 Å². The molecule has 1 heterocycles. The van der Waals surface area contributed by atoms with Gasteiger partial charge in [0, 0.05) is 25.2 Å². The Kier molecular flexibility index (Phi) is 5.56. The molecule has 7 heteroatoms. The van der Waals surface area contributed by atoms with E-state index in [0.717, 1.165) is 5.56 Å². The number of ether oxygens (including phenoxy) is 1. The Morgan fingerprint density at radius 3 is 2.70 bits per heavy atom. The average molecular weight is 324 g/mol. The summed E-state index contributed by atoms with van der Waals surface area (Å²) >= 11 is 0. The largest absolute Gasteiger partial charge is 0.439 e. The maximum Gasteiger partial charge on any atom is 0.389 e. The van der Waals surface area contributed by atoms with Gasteiger partial charge in [0.05, 0.1) is 6.42 Å². The number of nitrogens with one attached hydrogen (secondary N) is 1. The van der Waals surface area contributed by atoms with Crippen LogP contribution >= 0.6 is 0 Å². The van der Waals surface area contributed by atoms with Crippen LogP contribution < -0.4 is 10.1 Å². The summed E-state index contributed by atoms with van der Waals surface area (Å²) in [6, 6.07) is 12.1. The summed E-state index contributed by atoms with van der Waals surface area (Å²) in [5, 5.41) is 2.45. The molecule has 0 saturated heterocycles. The number of carbonyl (C=O) groups excluding carboxylic acids is 1. The molecule has 0 aliphatic carbocycles. The molecular formula is C16H15F3N2O2. The molecule has 0 saturated carbocycles. The molecule has 1 aromatic heterocycles. The topological polar surface area (TPSA) is 51.2 Å². The summed E-state index contributed by atoms with van der Waals surface area (Å²) in [6.45, 7) is 0.135. The number of carbonyl (C=O) groups is 1. The minimum Gasteiger partial charge on any atom is -0.439 e. The first kappa shape index (κ1) is 16.8. The molecular weight excluding hydrogens is 309 g/mol. The highest BCUT2D eigenvalue weighted by Gasteiger charge is 2.27. The van der Waals surface area contributed by atoms with Crippen LogP contribution in [0.25, 0.3) is 0 Å². The third kappa shape index (κ3) is 6.37. The molecule has 4 nitrogen and oxygen atoms in total. The molecule has 0 bridgehead atoms. The van der Waals surface area contributed by atoms with Crippen molar-refractivity contribution in [2.75, 3.05) is 0 Å². The number of halogens is 3. The zero-order chi connectivity index (χ0) is 16.7. The molecule has 1 amide bonds. The average Bonchev–Trinajstić information content (AvgIpc) is 2.52. The van der Waals surface area contributed by atoms with Crippen LogP contribution in [0.3, 0.4) is 0 Å². The fraction of sp³-hybridized carbons (Fsp3) is 0.250. The standard InChI is InChI=1S/C16H15F3N2O2/c17-16(18,19)8-7-14(22)21-11-12-4-3-5-13(10-12)23-15-6-1-2-9-20-15/h1-6,9-10H,7-8,11H2,(H,21,22). The second-order valence-electron chi connectivity index (χ2n) is 4.81. The number of hydrogen-bond acceptors (Lipinski definition) is 3. The van der Waals surface area contributed by atoms with Crippen LogP contribution in [0.4, 0.5) is 13.2 Å². The van der Waals surface area contributed by atoms with Crippen molar-refractivity contribution in [1.29, 1.82) is 0 Å². The number of amides is 1. The molecule has 0 fully saturated rings. The number of aromatic nitrogens is 1. The van der Waals surface area contributed by atoms with Crippen molar-refractivity contribution in [3.8, 4) is 11.6 Å². The van der Waals surface area contributed by atoms with Crippen LogP contribution in [-0.2, 0) is 11.3 Å². The monoisotopic (exact) mass is 324 g/mol. The number of pyridine rings is 1. The Balaban J connectivity index is 1.86. The fourth-order valence-corrected chi connectivity index (χ4v) is 1.79. The normalized spacial score (nSPS) is 11.1. The quantitative estimate of drug-likeness (QED) is 0.878. The van der Waals surface area contributed by atoms with Gasteiger partial charge in [-0.25, -0.2) is 4.98 Å². The van der Waals surface area contributed by atoms with E-state index in [1.165, 1.54) is 0 Å². The maximum absolute atomic E-state index is 12.0. The van der Waals surface area contributed by atoms with Gasteiger partial charge >= 0.3 is 6.18 Å². The predicted molar refractivity (Wildman–Crippen MR) is 77.9 cm³/mol. The highest BCUT2D eigenvalue weighted by Crippen LogP contribution is 2.22. The van der Waals surface area contributed by atoms with Gasteiger partial charge in [0.1, 0.15) is 5.75 Å². The van der Waals surface area contributed by atoms with Gasteiger partial charge in [0.2, 0.25) is 11.8 Å². The van der Waals surface area contributed by atoms with E-state index in [1.54, 1.807) is 48.7 Å². The first-order chi connectivity index (χ1) is 10.9. The molecule has 0 spiro atoms. The molecule has 0 aliphatic rings. The molecule has 23 heavy (non-hydrogen) atoms. The first-order valence-corrected chi connectivity index (χ1v) is 6.94. The van der Waals surface area contributed by atoms with E-state index < -0.39 is 24.9 Å². The lowest BCUT2D eigenvalue weighted by atomic mass is 10.2. The van der Waals surface area contributed by atoms with Crippen molar-refractivity contribution in [1.82, 2.24) is 10.3 Å². The summed E-state index contributed by atoms with van der Waals surface area (Å²) in [7, 11) is 0. The molecule has 1 N–H and O–H groups in total.